The van der Waals surface area contributed by atoms with Crippen molar-refractivity contribution in [1.29, 1.82) is 0 Å². The zero-order chi connectivity index (χ0) is 13.3. The van der Waals surface area contributed by atoms with Crippen LogP contribution in [0.15, 0.2) is 38.0 Å². The number of carbonyl (C=O) groups is 1. The van der Waals surface area contributed by atoms with E-state index in [-0.39, 0.29) is 19.6 Å². The van der Waals surface area contributed by atoms with E-state index in [9.17, 15) is 13.2 Å². The molecule has 0 saturated heterocycles. The van der Waals surface area contributed by atoms with Crippen molar-refractivity contribution in [1.82, 2.24) is 14.1 Å². The van der Waals surface area contributed by atoms with Gasteiger partial charge in [-0.1, -0.05) is 22.6 Å². The van der Waals surface area contributed by atoms with Crippen molar-refractivity contribution in [2.45, 2.75) is 0 Å². The molecule has 0 fully saturated rings. The smallest absolute Gasteiger partial charge is 0.277 e. The fourth-order valence-electron chi connectivity index (χ4n) is 1.01. The van der Waals surface area contributed by atoms with Crippen LogP contribution in [-0.4, -0.2) is 43.9 Å². The minimum absolute atomic E-state index is 0.0148. The maximum Gasteiger partial charge on any atom is 0.297 e. The summed E-state index contributed by atoms with van der Waals surface area (Å²) in [6.07, 6.45) is 4.63. The molecule has 0 aliphatic heterocycles. The third-order valence-electron chi connectivity index (χ3n) is 1.70. The minimum Gasteiger partial charge on any atom is -0.277 e. The Morgan fingerprint density at radius 1 is 1.06 bits per heavy atom. The molecule has 1 N–H and O–H groups in total. The van der Waals surface area contributed by atoms with Crippen molar-refractivity contribution < 1.29 is 13.2 Å². The molecule has 0 aromatic rings. The highest BCUT2D eigenvalue weighted by molar-refractivity contribution is 7.87. The van der Waals surface area contributed by atoms with Crippen LogP contribution in [0, 0.1) is 0 Å². The van der Waals surface area contributed by atoms with Gasteiger partial charge in [0.15, 0.2) is 0 Å². The third-order valence-corrected chi connectivity index (χ3v) is 3.14. The van der Waals surface area contributed by atoms with Gasteiger partial charge in [0.25, 0.3) is 10.2 Å². The highest BCUT2D eigenvalue weighted by Gasteiger charge is 2.24. The van der Waals surface area contributed by atoms with E-state index in [1.54, 1.807) is 0 Å². The van der Waals surface area contributed by atoms with Gasteiger partial charge < -0.3 is 0 Å². The quantitative estimate of drug-likeness (QED) is 0.342. The van der Waals surface area contributed by atoms with Gasteiger partial charge >= 0.3 is 0 Å². The van der Waals surface area contributed by atoms with Gasteiger partial charge in [-0.25, -0.2) is 0 Å². The second kappa shape index (κ2) is 7.77. The molecule has 17 heavy (non-hydrogen) atoms. The minimum atomic E-state index is -3.79. The predicted molar refractivity (Wildman–Crippen MR) is 67.0 cm³/mol. The average molecular weight is 259 g/mol. The third kappa shape index (κ3) is 4.94. The Morgan fingerprint density at radius 3 is 2.06 bits per heavy atom. The molecule has 0 aliphatic carbocycles. The summed E-state index contributed by atoms with van der Waals surface area (Å²) in [5.74, 6) is 0. The predicted octanol–water partition coefficient (Wildman–Crippen LogP) is 0.0542. The van der Waals surface area contributed by atoms with Gasteiger partial charge in [0.1, 0.15) is 0 Å². The topological polar surface area (TPSA) is 69.7 Å². The van der Waals surface area contributed by atoms with Crippen molar-refractivity contribution in [2.24, 2.45) is 0 Å². The molecule has 0 spiro atoms. The van der Waals surface area contributed by atoms with Crippen LogP contribution >= 0.6 is 0 Å². The van der Waals surface area contributed by atoms with E-state index < -0.39 is 10.2 Å². The highest BCUT2D eigenvalue weighted by atomic mass is 32.2. The van der Waals surface area contributed by atoms with Crippen LogP contribution < -0.4 is 4.72 Å². The number of hydrogen-bond acceptors (Lipinski definition) is 3. The van der Waals surface area contributed by atoms with E-state index in [1.807, 2.05) is 0 Å². The van der Waals surface area contributed by atoms with Crippen molar-refractivity contribution in [3.8, 4) is 0 Å². The van der Waals surface area contributed by atoms with Gasteiger partial charge in [0.2, 0.25) is 6.41 Å². The molecule has 0 bridgehead atoms. The second-order valence-electron chi connectivity index (χ2n) is 2.95. The molecule has 0 aromatic heterocycles. The fourth-order valence-corrected chi connectivity index (χ4v) is 2.17. The van der Waals surface area contributed by atoms with Gasteiger partial charge in [-0.3, -0.25) is 9.80 Å². The summed E-state index contributed by atoms with van der Waals surface area (Å²) in [7, 11) is -3.79. The molecule has 0 saturated carbocycles. The normalized spacial score (nSPS) is 10.9. The SMILES string of the molecule is C=CCNS(=O)(=O)N(CC=C)N(C=O)CC=C. The molecular formula is C10H17N3O3S. The van der Waals surface area contributed by atoms with Crippen LogP contribution in [0.1, 0.15) is 0 Å². The van der Waals surface area contributed by atoms with Gasteiger partial charge in [0.05, 0.1) is 13.1 Å². The number of carbonyl (C=O) groups excluding carboxylic acids is 1. The Morgan fingerprint density at radius 2 is 1.65 bits per heavy atom. The summed E-state index contributed by atoms with van der Waals surface area (Å²) in [4.78, 5) is 10.8. The van der Waals surface area contributed by atoms with Crippen LogP contribution in [0.25, 0.3) is 0 Å². The summed E-state index contributed by atoms with van der Waals surface area (Å²) in [5.41, 5.74) is 0. The Balaban J connectivity index is 5.03. The van der Waals surface area contributed by atoms with E-state index in [0.29, 0.717) is 6.41 Å². The van der Waals surface area contributed by atoms with Crippen LogP contribution in [0.2, 0.25) is 0 Å². The summed E-state index contributed by atoms with van der Waals surface area (Å²) in [6, 6.07) is 0. The van der Waals surface area contributed by atoms with E-state index in [2.05, 4.69) is 24.5 Å². The van der Waals surface area contributed by atoms with Gasteiger partial charge in [-0.05, 0) is 0 Å². The van der Waals surface area contributed by atoms with Gasteiger partial charge in [0, 0.05) is 6.54 Å². The van der Waals surface area contributed by atoms with Gasteiger partial charge in [-0.15, -0.1) is 19.7 Å². The summed E-state index contributed by atoms with van der Waals surface area (Å²) < 4.78 is 26.8. The lowest BCUT2D eigenvalue weighted by Crippen LogP contribution is -2.50. The molecule has 0 rings (SSSR count). The first-order valence-corrected chi connectivity index (χ1v) is 6.29. The number of nitrogens with one attached hydrogen (secondary N) is 1. The van der Waals surface area contributed by atoms with Gasteiger partial charge in [-0.2, -0.15) is 13.1 Å². The Kier molecular flexibility index (Phi) is 7.11. The molecule has 7 heteroatoms. The molecule has 0 aromatic carbocycles. The molecule has 6 nitrogen and oxygen atoms in total. The lowest BCUT2D eigenvalue weighted by molar-refractivity contribution is -0.125. The Hall–Kier alpha value is -1.44. The number of amides is 1. The summed E-state index contributed by atoms with van der Waals surface area (Å²) in [6.45, 7) is 10.5. The number of hydrogen-bond donors (Lipinski definition) is 1. The maximum absolute atomic E-state index is 11.8. The van der Waals surface area contributed by atoms with Crippen molar-refractivity contribution in [2.75, 3.05) is 19.6 Å². The number of hydrazine groups is 1. The lowest BCUT2D eigenvalue weighted by atomic mass is 10.6. The standard InChI is InChI=1S/C10H17N3O3S/c1-4-7-11-17(15,16)13(9-6-3)12(10-14)8-5-2/h4-6,10-11H,1-3,7-9H2. The van der Waals surface area contributed by atoms with E-state index in [4.69, 9.17) is 0 Å². The van der Waals surface area contributed by atoms with E-state index >= 15 is 0 Å². The number of rotatable bonds is 10. The van der Waals surface area contributed by atoms with Crippen LogP contribution in [0.5, 0.6) is 0 Å². The largest absolute Gasteiger partial charge is 0.297 e. The maximum atomic E-state index is 11.8. The number of nitrogens with zero attached hydrogens (tertiary/aromatic N) is 2. The molecule has 0 atom stereocenters. The van der Waals surface area contributed by atoms with Crippen molar-refractivity contribution in [3.05, 3.63) is 38.0 Å². The molecule has 0 radical (unpaired) electrons. The average Bonchev–Trinajstić information content (AvgIpc) is 2.31. The monoisotopic (exact) mass is 259 g/mol. The molecule has 0 unspecified atom stereocenters. The van der Waals surface area contributed by atoms with E-state index in [1.165, 1.54) is 18.2 Å². The fraction of sp³-hybridized carbons (Fsp3) is 0.300. The first kappa shape index (κ1) is 15.6. The van der Waals surface area contributed by atoms with Crippen molar-refractivity contribution in [3.63, 3.8) is 0 Å². The molecule has 96 valence electrons. The van der Waals surface area contributed by atoms with Crippen LogP contribution in [0.4, 0.5) is 0 Å². The van der Waals surface area contributed by atoms with E-state index in [0.717, 1.165) is 9.42 Å². The Bertz CT molecular complexity index is 378. The summed E-state index contributed by atoms with van der Waals surface area (Å²) in [5, 5.41) is 0.986. The van der Waals surface area contributed by atoms with Crippen LogP contribution in [-0.2, 0) is 15.0 Å². The highest BCUT2D eigenvalue weighted by Crippen LogP contribution is 2.03. The zero-order valence-corrected chi connectivity index (χ0v) is 10.4. The first-order chi connectivity index (χ1) is 8.03. The summed E-state index contributed by atoms with van der Waals surface area (Å²) >= 11 is 0. The first-order valence-electron chi connectivity index (χ1n) is 4.85. The molecular weight excluding hydrogens is 242 g/mol. The zero-order valence-electron chi connectivity index (χ0n) is 9.58. The Labute approximate surface area is 102 Å². The molecule has 0 heterocycles. The van der Waals surface area contributed by atoms with Crippen LogP contribution in [0.3, 0.4) is 0 Å². The van der Waals surface area contributed by atoms with Crippen molar-refractivity contribution >= 4 is 16.6 Å². The lowest BCUT2D eigenvalue weighted by Gasteiger charge is -2.29. The molecule has 1 amide bonds. The molecule has 0 aliphatic rings. The second-order valence-corrected chi connectivity index (χ2v) is 4.61.